The molecule has 2 aromatic rings. The van der Waals surface area contributed by atoms with E-state index < -0.39 is 12.1 Å². The van der Waals surface area contributed by atoms with Crippen molar-refractivity contribution in [3.8, 4) is 0 Å². The third-order valence-electron chi connectivity index (χ3n) is 3.76. The number of hydrogen-bond donors (Lipinski definition) is 0. The maximum atomic E-state index is 12.3. The van der Waals surface area contributed by atoms with Gasteiger partial charge in [-0.2, -0.15) is 0 Å². The molecule has 0 fully saturated rings. The lowest BCUT2D eigenvalue weighted by atomic mass is 10.0. The standard InChI is InChI=1S/C17H16O4/c1-11(21-17(19)15-6-3-9-20-15)16(18)14-8-7-12-4-2-5-13(12)10-14/h3,6-11H,2,4-5H2,1H3/t11-/m0/s1. The predicted molar refractivity (Wildman–Crippen MR) is 76.4 cm³/mol. The van der Waals surface area contributed by atoms with Crippen LogP contribution < -0.4 is 0 Å². The van der Waals surface area contributed by atoms with Crippen molar-refractivity contribution in [2.24, 2.45) is 0 Å². The molecule has 4 nitrogen and oxygen atoms in total. The topological polar surface area (TPSA) is 56.5 Å². The first-order chi connectivity index (χ1) is 10.1. The minimum absolute atomic E-state index is 0.101. The molecular formula is C17H16O4. The van der Waals surface area contributed by atoms with Gasteiger partial charge in [-0.25, -0.2) is 4.79 Å². The van der Waals surface area contributed by atoms with E-state index in [0.717, 1.165) is 19.3 Å². The maximum Gasteiger partial charge on any atom is 0.374 e. The summed E-state index contributed by atoms with van der Waals surface area (Å²) in [4.78, 5) is 24.1. The molecule has 3 rings (SSSR count). The second-order valence-corrected chi connectivity index (χ2v) is 5.23. The molecule has 0 aliphatic heterocycles. The average Bonchev–Trinajstić information content (AvgIpc) is 3.16. The van der Waals surface area contributed by atoms with Crippen molar-refractivity contribution in [2.75, 3.05) is 0 Å². The van der Waals surface area contributed by atoms with Crippen molar-refractivity contribution in [2.45, 2.75) is 32.3 Å². The molecule has 0 saturated carbocycles. The summed E-state index contributed by atoms with van der Waals surface area (Å²) in [5, 5.41) is 0. The van der Waals surface area contributed by atoms with Crippen LogP contribution in [0.1, 0.15) is 45.4 Å². The SMILES string of the molecule is C[C@H](OC(=O)c1ccco1)C(=O)c1ccc2c(c1)CCC2. The van der Waals surface area contributed by atoms with Gasteiger partial charge in [0.15, 0.2) is 6.10 Å². The van der Waals surface area contributed by atoms with Crippen molar-refractivity contribution in [3.05, 3.63) is 59.0 Å². The van der Waals surface area contributed by atoms with Gasteiger partial charge in [0.25, 0.3) is 0 Å². The van der Waals surface area contributed by atoms with E-state index in [1.807, 2.05) is 18.2 Å². The van der Waals surface area contributed by atoms with Crippen LogP contribution in [0.25, 0.3) is 0 Å². The van der Waals surface area contributed by atoms with Crippen LogP contribution in [0.5, 0.6) is 0 Å². The number of ketones is 1. The molecule has 0 unspecified atom stereocenters. The Morgan fingerprint density at radius 3 is 2.76 bits per heavy atom. The number of ether oxygens (including phenoxy) is 1. The van der Waals surface area contributed by atoms with E-state index in [1.54, 1.807) is 13.0 Å². The average molecular weight is 284 g/mol. The van der Waals surface area contributed by atoms with Crippen LogP contribution in [0.2, 0.25) is 0 Å². The smallest absolute Gasteiger partial charge is 0.374 e. The number of rotatable bonds is 4. The number of fused-ring (bicyclic) bond motifs is 1. The van der Waals surface area contributed by atoms with Crippen LogP contribution >= 0.6 is 0 Å². The Hall–Kier alpha value is -2.36. The fourth-order valence-corrected chi connectivity index (χ4v) is 2.63. The third kappa shape index (κ3) is 2.75. The van der Waals surface area contributed by atoms with E-state index in [-0.39, 0.29) is 11.5 Å². The lowest BCUT2D eigenvalue weighted by Gasteiger charge is -2.12. The molecule has 1 atom stereocenters. The fourth-order valence-electron chi connectivity index (χ4n) is 2.63. The zero-order valence-electron chi connectivity index (χ0n) is 11.8. The summed E-state index contributed by atoms with van der Waals surface area (Å²) < 4.78 is 10.1. The molecule has 0 saturated heterocycles. The molecule has 108 valence electrons. The van der Waals surface area contributed by atoms with E-state index in [1.165, 1.54) is 23.5 Å². The molecule has 0 radical (unpaired) electrons. The van der Waals surface area contributed by atoms with Gasteiger partial charge >= 0.3 is 5.97 Å². The minimum Gasteiger partial charge on any atom is -0.457 e. The summed E-state index contributed by atoms with van der Waals surface area (Å²) >= 11 is 0. The van der Waals surface area contributed by atoms with Gasteiger partial charge in [-0.15, -0.1) is 0 Å². The number of hydrogen-bond acceptors (Lipinski definition) is 4. The van der Waals surface area contributed by atoms with Gasteiger partial charge in [0.1, 0.15) is 0 Å². The molecule has 1 aromatic heterocycles. The highest BCUT2D eigenvalue weighted by molar-refractivity contribution is 6.01. The van der Waals surface area contributed by atoms with Crippen LogP contribution in [-0.4, -0.2) is 17.9 Å². The molecule has 1 heterocycles. The van der Waals surface area contributed by atoms with Crippen molar-refractivity contribution >= 4 is 11.8 Å². The first-order valence-electron chi connectivity index (χ1n) is 7.05. The number of esters is 1. The number of carbonyl (C=O) groups excluding carboxylic acids is 2. The summed E-state index contributed by atoms with van der Waals surface area (Å²) in [7, 11) is 0. The number of aryl methyl sites for hydroxylation is 2. The van der Waals surface area contributed by atoms with Crippen LogP contribution in [0.3, 0.4) is 0 Å². The molecular weight excluding hydrogens is 268 g/mol. The Labute approximate surface area is 122 Å². The summed E-state index contributed by atoms with van der Waals surface area (Å²) in [5.41, 5.74) is 3.13. The monoisotopic (exact) mass is 284 g/mol. The fraction of sp³-hybridized carbons (Fsp3) is 0.294. The molecule has 0 spiro atoms. The minimum atomic E-state index is -0.831. The first kappa shape index (κ1) is 13.6. The Balaban J connectivity index is 1.71. The summed E-state index contributed by atoms with van der Waals surface area (Å²) in [6.45, 7) is 1.58. The van der Waals surface area contributed by atoms with E-state index in [0.29, 0.717) is 5.56 Å². The predicted octanol–water partition coefficient (Wildman–Crippen LogP) is 3.20. The van der Waals surface area contributed by atoms with Crippen molar-refractivity contribution in [3.63, 3.8) is 0 Å². The normalized spacial score (nSPS) is 14.5. The Morgan fingerprint density at radius 1 is 1.19 bits per heavy atom. The number of furan rings is 1. The molecule has 21 heavy (non-hydrogen) atoms. The van der Waals surface area contributed by atoms with Gasteiger partial charge < -0.3 is 9.15 Å². The Bertz CT molecular complexity index is 670. The van der Waals surface area contributed by atoms with Gasteiger partial charge in [-0.05, 0) is 55.5 Å². The van der Waals surface area contributed by atoms with Crippen molar-refractivity contribution in [1.29, 1.82) is 0 Å². The highest BCUT2D eigenvalue weighted by Crippen LogP contribution is 2.23. The first-order valence-corrected chi connectivity index (χ1v) is 7.05. The highest BCUT2D eigenvalue weighted by atomic mass is 16.6. The highest BCUT2D eigenvalue weighted by Gasteiger charge is 2.23. The summed E-state index contributed by atoms with van der Waals surface area (Å²) in [5.74, 6) is -0.713. The summed E-state index contributed by atoms with van der Waals surface area (Å²) in [6, 6.07) is 8.83. The second kappa shape index (κ2) is 5.56. The zero-order chi connectivity index (χ0) is 14.8. The number of carbonyl (C=O) groups is 2. The molecule has 0 bridgehead atoms. The van der Waals surface area contributed by atoms with E-state index >= 15 is 0 Å². The second-order valence-electron chi connectivity index (χ2n) is 5.23. The largest absolute Gasteiger partial charge is 0.457 e. The lowest BCUT2D eigenvalue weighted by molar-refractivity contribution is 0.0289. The van der Waals surface area contributed by atoms with Crippen LogP contribution in [0.15, 0.2) is 41.0 Å². The molecule has 4 heteroatoms. The maximum absolute atomic E-state index is 12.3. The van der Waals surface area contributed by atoms with Crippen LogP contribution in [0.4, 0.5) is 0 Å². The van der Waals surface area contributed by atoms with Crippen molar-refractivity contribution in [1.82, 2.24) is 0 Å². The number of benzene rings is 1. The van der Waals surface area contributed by atoms with E-state index in [2.05, 4.69) is 0 Å². The summed E-state index contributed by atoms with van der Waals surface area (Å²) in [6.07, 6.45) is 3.78. The lowest BCUT2D eigenvalue weighted by Crippen LogP contribution is -2.24. The molecule has 0 N–H and O–H groups in total. The zero-order valence-corrected chi connectivity index (χ0v) is 11.8. The molecule has 1 aromatic carbocycles. The van der Waals surface area contributed by atoms with Gasteiger partial charge in [0, 0.05) is 5.56 Å². The van der Waals surface area contributed by atoms with E-state index in [9.17, 15) is 9.59 Å². The quantitative estimate of drug-likeness (QED) is 0.639. The van der Waals surface area contributed by atoms with Crippen LogP contribution in [-0.2, 0) is 17.6 Å². The third-order valence-corrected chi connectivity index (χ3v) is 3.76. The molecule has 1 aliphatic carbocycles. The van der Waals surface area contributed by atoms with Gasteiger partial charge in [0.2, 0.25) is 11.5 Å². The van der Waals surface area contributed by atoms with Crippen LogP contribution in [0, 0.1) is 0 Å². The van der Waals surface area contributed by atoms with Gasteiger partial charge in [-0.3, -0.25) is 4.79 Å². The number of Topliss-reactive ketones (excluding diaryl/α,β-unsaturated/α-hetero) is 1. The van der Waals surface area contributed by atoms with Gasteiger partial charge in [-0.1, -0.05) is 12.1 Å². The Kier molecular flexibility index (Phi) is 3.60. The van der Waals surface area contributed by atoms with Crippen molar-refractivity contribution < 1.29 is 18.7 Å². The molecule has 0 amide bonds. The van der Waals surface area contributed by atoms with E-state index in [4.69, 9.17) is 9.15 Å². The Morgan fingerprint density at radius 2 is 2.00 bits per heavy atom. The van der Waals surface area contributed by atoms with Gasteiger partial charge in [0.05, 0.1) is 6.26 Å². The molecule has 1 aliphatic rings.